The third-order valence-electron chi connectivity index (χ3n) is 2.54. The molecule has 0 N–H and O–H groups in total. The molecule has 1 aliphatic heterocycles. The van der Waals surface area contributed by atoms with E-state index >= 15 is 0 Å². The molecule has 2 rings (SSSR count). The lowest BCUT2D eigenvalue weighted by Crippen LogP contribution is -2.34. The van der Waals surface area contributed by atoms with E-state index in [1.54, 1.807) is 12.1 Å². The lowest BCUT2D eigenvalue weighted by atomic mass is 10.3. The van der Waals surface area contributed by atoms with Crippen LogP contribution >= 0.6 is 11.6 Å². The van der Waals surface area contributed by atoms with Crippen LogP contribution < -0.4 is 4.31 Å². The van der Waals surface area contributed by atoms with Crippen molar-refractivity contribution in [2.45, 2.75) is 0 Å². The summed E-state index contributed by atoms with van der Waals surface area (Å²) in [6.45, 7) is 1.36. The molecule has 0 saturated carbocycles. The van der Waals surface area contributed by atoms with Gasteiger partial charge in [0.15, 0.2) is 0 Å². The molecule has 1 fully saturated rings. The molecule has 4 nitrogen and oxygen atoms in total. The highest BCUT2D eigenvalue weighted by molar-refractivity contribution is 7.90. The fourth-order valence-corrected chi connectivity index (χ4v) is 3.67. The summed E-state index contributed by atoms with van der Waals surface area (Å²) in [5, 5.41) is 0. The van der Waals surface area contributed by atoms with Crippen molar-refractivity contribution >= 4 is 27.5 Å². The summed E-state index contributed by atoms with van der Waals surface area (Å²) >= 11 is 5.58. The maximum Gasteiger partial charge on any atom is 0.304 e. The maximum atomic E-state index is 12.1. The Balaban J connectivity index is 2.27. The number of alkyl halides is 1. The molecule has 1 aromatic carbocycles. The van der Waals surface area contributed by atoms with Gasteiger partial charge in [0.05, 0.1) is 5.69 Å². The Morgan fingerprint density at radius 2 is 1.88 bits per heavy atom. The zero-order chi connectivity index (χ0) is 11.6. The molecule has 16 heavy (non-hydrogen) atoms. The Hall–Kier alpha value is -0.780. The van der Waals surface area contributed by atoms with Crippen molar-refractivity contribution in [3.8, 4) is 0 Å². The van der Waals surface area contributed by atoms with Crippen molar-refractivity contribution in [1.82, 2.24) is 4.31 Å². The standard InChI is InChI=1S/C10H13ClN2O2S/c11-6-7-12-8-9-13(16(12,14)15)10-4-2-1-3-5-10/h1-5H,6-9H2. The van der Waals surface area contributed by atoms with Gasteiger partial charge < -0.3 is 0 Å². The number of nitrogens with zero attached hydrogens (tertiary/aromatic N) is 2. The average Bonchev–Trinajstić information content (AvgIpc) is 2.57. The summed E-state index contributed by atoms with van der Waals surface area (Å²) in [7, 11) is -3.36. The number of hydrogen-bond donors (Lipinski definition) is 0. The van der Waals surface area contributed by atoms with E-state index in [9.17, 15) is 8.42 Å². The summed E-state index contributed by atoms with van der Waals surface area (Å²) in [6.07, 6.45) is 0. The van der Waals surface area contributed by atoms with E-state index in [4.69, 9.17) is 11.6 Å². The number of anilines is 1. The van der Waals surface area contributed by atoms with Crippen LogP contribution in [-0.2, 0) is 10.2 Å². The monoisotopic (exact) mass is 260 g/mol. The van der Waals surface area contributed by atoms with Gasteiger partial charge in [0.2, 0.25) is 0 Å². The van der Waals surface area contributed by atoms with Crippen LogP contribution in [0.15, 0.2) is 30.3 Å². The highest BCUT2D eigenvalue weighted by atomic mass is 35.5. The Labute approximate surface area is 101 Å². The molecule has 88 valence electrons. The minimum Gasteiger partial charge on any atom is -0.256 e. The molecular formula is C10H13ClN2O2S. The smallest absolute Gasteiger partial charge is 0.256 e. The largest absolute Gasteiger partial charge is 0.304 e. The second-order valence-electron chi connectivity index (χ2n) is 3.50. The first-order valence-electron chi connectivity index (χ1n) is 5.05. The van der Waals surface area contributed by atoms with Crippen LogP contribution in [0.2, 0.25) is 0 Å². The lowest BCUT2D eigenvalue weighted by molar-refractivity contribution is 0.470. The number of hydrogen-bond acceptors (Lipinski definition) is 2. The molecular weight excluding hydrogens is 248 g/mol. The van der Waals surface area contributed by atoms with Crippen LogP contribution in [0, 0.1) is 0 Å². The second kappa shape index (κ2) is 4.61. The van der Waals surface area contributed by atoms with E-state index in [2.05, 4.69) is 0 Å². The minimum absolute atomic E-state index is 0.321. The van der Waals surface area contributed by atoms with Gasteiger partial charge in [0, 0.05) is 25.5 Å². The van der Waals surface area contributed by atoms with Gasteiger partial charge in [-0.15, -0.1) is 11.6 Å². The first kappa shape index (κ1) is 11.7. The van der Waals surface area contributed by atoms with Gasteiger partial charge >= 0.3 is 10.2 Å². The molecule has 0 unspecified atom stereocenters. The van der Waals surface area contributed by atoms with Crippen molar-refractivity contribution < 1.29 is 8.42 Å². The summed E-state index contributed by atoms with van der Waals surface area (Å²) in [5.41, 5.74) is 0.708. The van der Waals surface area contributed by atoms with Crippen molar-refractivity contribution in [2.24, 2.45) is 0 Å². The number of benzene rings is 1. The zero-order valence-electron chi connectivity index (χ0n) is 8.71. The molecule has 0 radical (unpaired) electrons. The van der Waals surface area contributed by atoms with E-state index in [0.717, 1.165) is 0 Å². The molecule has 0 amide bonds. The van der Waals surface area contributed by atoms with Crippen molar-refractivity contribution in [3.63, 3.8) is 0 Å². The number of halogens is 1. The molecule has 1 heterocycles. The van der Waals surface area contributed by atoms with E-state index in [-0.39, 0.29) is 0 Å². The van der Waals surface area contributed by atoms with Crippen molar-refractivity contribution in [1.29, 1.82) is 0 Å². The van der Waals surface area contributed by atoms with Gasteiger partial charge in [0.1, 0.15) is 0 Å². The second-order valence-corrected chi connectivity index (χ2v) is 5.73. The Bertz CT molecular complexity index is 449. The quantitative estimate of drug-likeness (QED) is 0.769. The summed E-state index contributed by atoms with van der Waals surface area (Å²) in [4.78, 5) is 0. The number of para-hydroxylation sites is 1. The Morgan fingerprint density at radius 3 is 2.50 bits per heavy atom. The van der Waals surface area contributed by atoms with Gasteiger partial charge in [-0.05, 0) is 12.1 Å². The third kappa shape index (κ3) is 2.03. The predicted molar refractivity (Wildman–Crippen MR) is 65.0 cm³/mol. The normalized spacial score (nSPS) is 20.2. The van der Waals surface area contributed by atoms with Crippen molar-refractivity contribution in [2.75, 3.05) is 29.8 Å². The fraction of sp³-hybridized carbons (Fsp3) is 0.400. The molecule has 1 aromatic rings. The summed E-state index contributed by atoms with van der Waals surface area (Å²) in [6, 6.07) is 9.11. The first-order valence-corrected chi connectivity index (χ1v) is 6.98. The SMILES string of the molecule is O=S1(=O)N(CCCl)CCN1c1ccccc1. The lowest BCUT2D eigenvalue weighted by Gasteiger charge is -2.19. The van der Waals surface area contributed by atoms with Gasteiger partial charge in [-0.2, -0.15) is 12.7 Å². The van der Waals surface area contributed by atoms with Gasteiger partial charge in [0.25, 0.3) is 0 Å². The first-order chi connectivity index (χ1) is 7.66. The van der Waals surface area contributed by atoms with Crippen LogP contribution in [0.5, 0.6) is 0 Å². The van der Waals surface area contributed by atoms with Crippen molar-refractivity contribution in [3.05, 3.63) is 30.3 Å². The van der Waals surface area contributed by atoms with E-state index in [1.165, 1.54) is 8.61 Å². The van der Waals surface area contributed by atoms with E-state index in [1.807, 2.05) is 18.2 Å². The van der Waals surface area contributed by atoms with Crippen LogP contribution in [0.4, 0.5) is 5.69 Å². The minimum atomic E-state index is -3.36. The molecule has 1 saturated heterocycles. The van der Waals surface area contributed by atoms with Crippen LogP contribution in [0.1, 0.15) is 0 Å². The fourth-order valence-electron chi connectivity index (χ4n) is 1.75. The molecule has 0 aliphatic carbocycles. The van der Waals surface area contributed by atoms with Gasteiger partial charge in [-0.25, -0.2) is 0 Å². The van der Waals surface area contributed by atoms with Gasteiger partial charge in [-0.1, -0.05) is 18.2 Å². The zero-order valence-corrected chi connectivity index (χ0v) is 10.3. The van der Waals surface area contributed by atoms with Crippen LogP contribution in [0.3, 0.4) is 0 Å². The van der Waals surface area contributed by atoms with E-state index < -0.39 is 10.2 Å². The summed E-state index contributed by atoms with van der Waals surface area (Å²) < 4.78 is 27.0. The van der Waals surface area contributed by atoms with Gasteiger partial charge in [-0.3, -0.25) is 4.31 Å². The highest BCUT2D eigenvalue weighted by Gasteiger charge is 2.35. The predicted octanol–water partition coefficient (Wildman–Crippen LogP) is 1.29. The topological polar surface area (TPSA) is 40.6 Å². The molecule has 6 heteroatoms. The van der Waals surface area contributed by atoms with Crippen LogP contribution in [-0.4, -0.2) is 38.2 Å². The average molecular weight is 261 g/mol. The number of rotatable bonds is 3. The highest BCUT2D eigenvalue weighted by Crippen LogP contribution is 2.24. The Kier molecular flexibility index (Phi) is 3.37. The molecule has 0 spiro atoms. The van der Waals surface area contributed by atoms with E-state index in [0.29, 0.717) is 31.2 Å². The summed E-state index contributed by atoms with van der Waals surface area (Å²) in [5.74, 6) is 0.321. The third-order valence-corrected chi connectivity index (χ3v) is 4.67. The molecule has 0 aromatic heterocycles. The van der Waals surface area contributed by atoms with Crippen LogP contribution in [0.25, 0.3) is 0 Å². The molecule has 0 atom stereocenters. The molecule has 1 aliphatic rings. The molecule has 0 bridgehead atoms. The maximum absolute atomic E-state index is 12.1. The Morgan fingerprint density at radius 1 is 1.19 bits per heavy atom.